The molecule has 194 valence electrons. The average molecular weight is 494 g/mol. The average Bonchev–Trinajstić information content (AvgIpc) is 3.37. The molecule has 4 atom stereocenters. The quantitative estimate of drug-likeness (QED) is 0.474. The standard InChI is InChI=1S/C29H39N3O4/c1-4-21(3)27(30)29(35)32(19-22-13-8-6-9-14-22)28(34)24-17-12-18-31(24)20-26(33)36-25(5-2)23-15-10-7-11-16-23/h6-11,13-16,21,24-25,27H,4-5,12,17-20,30H2,1-3H3/t21-,24-,25?,27-/m0/s1. The molecule has 2 aromatic carbocycles. The van der Waals surface area contributed by atoms with Gasteiger partial charge in [0.2, 0.25) is 11.8 Å². The molecule has 0 aliphatic carbocycles. The number of hydrogen-bond donors (Lipinski definition) is 1. The Balaban J connectivity index is 1.74. The monoisotopic (exact) mass is 493 g/mol. The van der Waals surface area contributed by atoms with E-state index in [1.807, 2.05) is 86.3 Å². The second-order valence-corrected chi connectivity index (χ2v) is 9.59. The first-order chi connectivity index (χ1) is 17.3. The van der Waals surface area contributed by atoms with E-state index >= 15 is 0 Å². The number of hydrogen-bond acceptors (Lipinski definition) is 6. The Hall–Kier alpha value is -3.03. The van der Waals surface area contributed by atoms with Crippen LogP contribution in [-0.4, -0.2) is 52.8 Å². The molecule has 2 N–H and O–H groups in total. The van der Waals surface area contributed by atoms with E-state index < -0.39 is 12.1 Å². The van der Waals surface area contributed by atoms with E-state index in [0.29, 0.717) is 19.4 Å². The molecule has 0 bridgehead atoms. The summed E-state index contributed by atoms with van der Waals surface area (Å²) in [6.45, 7) is 6.63. The molecular formula is C29H39N3O4. The third-order valence-electron chi connectivity index (χ3n) is 7.05. The Bertz CT molecular complexity index is 998. The number of carbonyl (C=O) groups excluding carboxylic acids is 3. The third-order valence-corrected chi connectivity index (χ3v) is 7.05. The summed E-state index contributed by atoms with van der Waals surface area (Å²) in [6.07, 6.45) is 2.41. The van der Waals surface area contributed by atoms with E-state index in [-0.39, 0.29) is 42.9 Å². The first-order valence-corrected chi connectivity index (χ1v) is 13.0. The van der Waals surface area contributed by atoms with E-state index in [9.17, 15) is 14.4 Å². The maximum absolute atomic E-state index is 13.8. The number of nitrogens with two attached hydrogens (primary N) is 1. The zero-order valence-corrected chi connectivity index (χ0v) is 21.6. The minimum absolute atomic E-state index is 0.00449. The molecule has 1 saturated heterocycles. The van der Waals surface area contributed by atoms with Gasteiger partial charge in [-0.25, -0.2) is 0 Å². The summed E-state index contributed by atoms with van der Waals surface area (Å²) in [5.41, 5.74) is 8.07. The molecule has 1 fully saturated rings. The van der Waals surface area contributed by atoms with Crippen LogP contribution in [0.5, 0.6) is 0 Å². The van der Waals surface area contributed by atoms with Crippen molar-refractivity contribution in [1.82, 2.24) is 9.80 Å². The van der Waals surface area contributed by atoms with Crippen molar-refractivity contribution >= 4 is 17.8 Å². The number of imide groups is 1. The fourth-order valence-electron chi connectivity index (χ4n) is 4.60. The van der Waals surface area contributed by atoms with Crippen LogP contribution >= 0.6 is 0 Å². The zero-order chi connectivity index (χ0) is 26.1. The van der Waals surface area contributed by atoms with Crippen LogP contribution in [0.1, 0.15) is 63.7 Å². The van der Waals surface area contributed by atoms with Gasteiger partial charge in [0.1, 0.15) is 6.10 Å². The lowest BCUT2D eigenvalue weighted by atomic mass is 9.98. The van der Waals surface area contributed by atoms with Crippen molar-refractivity contribution in [3.8, 4) is 0 Å². The second-order valence-electron chi connectivity index (χ2n) is 9.59. The van der Waals surface area contributed by atoms with Crippen LogP contribution < -0.4 is 5.73 Å². The van der Waals surface area contributed by atoms with Gasteiger partial charge in [-0.3, -0.25) is 24.2 Å². The fraction of sp³-hybridized carbons (Fsp3) is 0.483. The number of nitrogens with zero attached hydrogens (tertiary/aromatic N) is 2. The number of esters is 1. The zero-order valence-electron chi connectivity index (χ0n) is 21.6. The van der Waals surface area contributed by atoms with Gasteiger partial charge in [-0.05, 0) is 42.9 Å². The number of rotatable bonds is 11. The summed E-state index contributed by atoms with van der Waals surface area (Å²) in [7, 11) is 0. The maximum atomic E-state index is 13.8. The van der Waals surface area contributed by atoms with Crippen molar-refractivity contribution in [2.45, 2.75) is 71.2 Å². The Kier molecular flexibility index (Phi) is 10.2. The summed E-state index contributed by atoms with van der Waals surface area (Å²) in [5, 5.41) is 0. The number of likely N-dealkylation sites (tertiary alicyclic amines) is 1. The topological polar surface area (TPSA) is 92.9 Å². The van der Waals surface area contributed by atoms with Crippen molar-refractivity contribution in [2.24, 2.45) is 11.7 Å². The fourth-order valence-corrected chi connectivity index (χ4v) is 4.60. The van der Waals surface area contributed by atoms with Crippen LogP contribution in [0.2, 0.25) is 0 Å². The van der Waals surface area contributed by atoms with Crippen molar-refractivity contribution in [2.75, 3.05) is 13.1 Å². The Morgan fingerprint density at radius 2 is 1.67 bits per heavy atom. The van der Waals surface area contributed by atoms with Gasteiger partial charge < -0.3 is 10.5 Å². The highest BCUT2D eigenvalue weighted by Gasteiger charge is 2.39. The molecule has 1 aliphatic heterocycles. The first kappa shape index (κ1) is 27.6. The molecular weight excluding hydrogens is 454 g/mol. The number of benzene rings is 2. The molecule has 2 amide bonds. The minimum atomic E-state index is -0.765. The Labute approximate surface area is 214 Å². The highest BCUT2D eigenvalue weighted by Crippen LogP contribution is 2.24. The largest absolute Gasteiger partial charge is 0.457 e. The predicted octanol–water partition coefficient (Wildman–Crippen LogP) is 4.07. The molecule has 2 aromatic rings. The van der Waals surface area contributed by atoms with Crippen molar-refractivity contribution in [1.29, 1.82) is 0 Å². The normalized spacial score (nSPS) is 18.3. The van der Waals surface area contributed by atoms with Gasteiger partial charge >= 0.3 is 5.97 Å². The van der Waals surface area contributed by atoms with E-state index in [1.54, 1.807) is 0 Å². The first-order valence-electron chi connectivity index (χ1n) is 13.0. The number of amides is 2. The van der Waals surface area contributed by atoms with Crippen LogP contribution in [0.15, 0.2) is 60.7 Å². The lowest BCUT2D eigenvalue weighted by Gasteiger charge is -2.31. The summed E-state index contributed by atoms with van der Waals surface area (Å²) in [5.74, 6) is -1.10. The molecule has 1 aliphatic rings. The van der Waals surface area contributed by atoms with Gasteiger partial charge in [0.25, 0.3) is 0 Å². The predicted molar refractivity (Wildman–Crippen MR) is 140 cm³/mol. The summed E-state index contributed by atoms with van der Waals surface area (Å²) < 4.78 is 5.77. The van der Waals surface area contributed by atoms with Crippen LogP contribution in [0.4, 0.5) is 0 Å². The van der Waals surface area contributed by atoms with Crippen LogP contribution in [0, 0.1) is 5.92 Å². The lowest BCUT2D eigenvalue weighted by Crippen LogP contribution is -2.54. The molecule has 7 nitrogen and oxygen atoms in total. The van der Waals surface area contributed by atoms with Gasteiger partial charge in [-0.2, -0.15) is 0 Å². The van der Waals surface area contributed by atoms with Crippen molar-refractivity contribution in [3.05, 3.63) is 71.8 Å². The highest BCUT2D eigenvalue weighted by atomic mass is 16.5. The molecule has 1 heterocycles. The molecule has 3 rings (SSSR count). The van der Waals surface area contributed by atoms with E-state index in [2.05, 4.69) is 0 Å². The summed E-state index contributed by atoms with van der Waals surface area (Å²) in [4.78, 5) is 43.1. The molecule has 1 unspecified atom stereocenters. The summed E-state index contributed by atoms with van der Waals surface area (Å²) >= 11 is 0. The Morgan fingerprint density at radius 1 is 1.03 bits per heavy atom. The summed E-state index contributed by atoms with van der Waals surface area (Å²) in [6, 6.07) is 17.8. The van der Waals surface area contributed by atoms with Gasteiger partial charge in [-0.1, -0.05) is 87.9 Å². The van der Waals surface area contributed by atoms with E-state index in [0.717, 1.165) is 24.0 Å². The van der Waals surface area contributed by atoms with E-state index in [4.69, 9.17) is 10.5 Å². The SMILES string of the molecule is CCC(OC(=O)CN1CCC[C@H]1C(=O)N(Cc1ccccc1)C(=O)[C@@H](N)[C@@H](C)CC)c1ccccc1. The van der Waals surface area contributed by atoms with Gasteiger partial charge in [0, 0.05) is 0 Å². The molecule has 0 aromatic heterocycles. The highest BCUT2D eigenvalue weighted by molar-refractivity contribution is 6.00. The Morgan fingerprint density at radius 3 is 2.28 bits per heavy atom. The number of carbonyl (C=O) groups is 3. The van der Waals surface area contributed by atoms with Gasteiger partial charge in [0.05, 0.1) is 25.2 Å². The van der Waals surface area contributed by atoms with Crippen LogP contribution in [-0.2, 0) is 25.7 Å². The van der Waals surface area contributed by atoms with Crippen molar-refractivity contribution < 1.29 is 19.1 Å². The second kappa shape index (κ2) is 13.3. The van der Waals surface area contributed by atoms with Crippen LogP contribution in [0.3, 0.4) is 0 Å². The van der Waals surface area contributed by atoms with Crippen LogP contribution in [0.25, 0.3) is 0 Å². The van der Waals surface area contributed by atoms with E-state index in [1.165, 1.54) is 4.90 Å². The number of ether oxygens (including phenoxy) is 1. The van der Waals surface area contributed by atoms with Gasteiger partial charge in [0.15, 0.2) is 0 Å². The minimum Gasteiger partial charge on any atom is -0.457 e. The molecule has 0 spiro atoms. The molecule has 36 heavy (non-hydrogen) atoms. The molecule has 0 saturated carbocycles. The lowest BCUT2D eigenvalue weighted by molar-refractivity contribution is -0.153. The third kappa shape index (κ3) is 7.02. The smallest absolute Gasteiger partial charge is 0.320 e. The molecule has 7 heteroatoms. The maximum Gasteiger partial charge on any atom is 0.320 e. The van der Waals surface area contributed by atoms with Crippen molar-refractivity contribution in [3.63, 3.8) is 0 Å². The van der Waals surface area contributed by atoms with Gasteiger partial charge in [-0.15, -0.1) is 0 Å². The molecule has 0 radical (unpaired) electrons.